The molecule has 3 rings (SSSR count). The fourth-order valence-corrected chi connectivity index (χ4v) is 4.16. The largest absolute Gasteiger partial charge is 0.417 e. The molecule has 0 saturated heterocycles. The third-order valence-electron chi connectivity index (χ3n) is 4.23. The van der Waals surface area contributed by atoms with Gasteiger partial charge in [-0.2, -0.15) is 22.6 Å². The van der Waals surface area contributed by atoms with Gasteiger partial charge in [-0.25, -0.2) is 8.42 Å². The lowest BCUT2D eigenvalue weighted by atomic mass is 10.2. The molecule has 154 valence electrons. The molecule has 0 aliphatic carbocycles. The Morgan fingerprint density at radius 2 is 1.79 bits per heavy atom. The minimum absolute atomic E-state index is 0.0406. The summed E-state index contributed by atoms with van der Waals surface area (Å²) in [6, 6.07) is 12.1. The van der Waals surface area contributed by atoms with Crippen LogP contribution in [0.25, 0.3) is 0 Å². The maximum absolute atomic E-state index is 13.0. The highest BCUT2D eigenvalue weighted by Gasteiger charge is 2.35. The lowest BCUT2D eigenvalue weighted by molar-refractivity contribution is -0.137. The van der Waals surface area contributed by atoms with E-state index in [2.05, 4.69) is 5.10 Å². The number of nitrogens with zero attached hydrogens (tertiary/aromatic N) is 3. The van der Waals surface area contributed by atoms with Gasteiger partial charge in [0.2, 0.25) is 10.0 Å². The number of halogens is 4. The van der Waals surface area contributed by atoms with Crippen LogP contribution in [-0.4, -0.2) is 29.6 Å². The average Bonchev–Trinajstić information content (AvgIpc) is 3.08. The number of alkyl halides is 3. The highest BCUT2D eigenvalue weighted by molar-refractivity contribution is 7.89. The molecule has 1 aromatic heterocycles. The van der Waals surface area contributed by atoms with Crippen LogP contribution in [0.2, 0.25) is 5.02 Å². The Morgan fingerprint density at radius 1 is 1.10 bits per heavy atom. The van der Waals surface area contributed by atoms with Gasteiger partial charge in [0.25, 0.3) is 0 Å². The zero-order valence-electron chi connectivity index (χ0n) is 15.3. The van der Waals surface area contributed by atoms with Crippen molar-refractivity contribution in [2.75, 3.05) is 7.05 Å². The summed E-state index contributed by atoms with van der Waals surface area (Å²) < 4.78 is 67.2. The van der Waals surface area contributed by atoms with E-state index >= 15 is 0 Å². The number of hydrogen-bond acceptors (Lipinski definition) is 3. The van der Waals surface area contributed by atoms with Crippen LogP contribution in [0.3, 0.4) is 0 Å². The van der Waals surface area contributed by atoms with Crippen LogP contribution in [0.5, 0.6) is 0 Å². The topological polar surface area (TPSA) is 55.2 Å². The minimum atomic E-state index is -4.75. The van der Waals surface area contributed by atoms with Crippen molar-refractivity contribution in [1.29, 1.82) is 0 Å². The normalized spacial score (nSPS) is 12.5. The van der Waals surface area contributed by atoms with Crippen LogP contribution in [0.15, 0.2) is 65.8 Å². The maximum Gasteiger partial charge on any atom is 0.417 e. The summed E-state index contributed by atoms with van der Waals surface area (Å²) >= 11 is 5.57. The van der Waals surface area contributed by atoms with Crippen molar-refractivity contribution in [3.8, 4) is 0 Å². The Balaban J connectivity index is 1.77. The molecule has 2 aromatic carbocycles. The van der Waals surface area contributed by atoms with Gasteiger partial charge < -0.3 is 0 Å². The third kappa shape index (κ3) is 4.98. The summed E-state index contributed by atoms with van der Waals surface area (Å²) in [4.78, 5) is -0.478. The first kappa shape index (κ1) is 21.4. The van der Waals surface area contributed by atoms with Gasteiger partial charge in [-0.1, -0.05) is 41.9 Å². The van der Waals surface area contributed by atoms with Gasteiger partial charge in [0.05, 0.1) is 28.2 Å². The molecule has 0 aliphatic heterocycles. The zero-order chi connectivity index (χ0) is 21.2. The monoisotopic (exact) mass is 443 g/mol. The van der Waals surface area contributed by atoms with Gasteiger partial charge in [-0.15, -0.1) is 0 Å². The van der Waals surface area contributed by atoms with E-state index in [1.165, 1.54) is 13.2 Å². The number of rotatable bonds is 6. The van der Waals surface area contributed by atoms with Crippen LogP contribution in [0.1, 0.15) is 16.7 Å². The van der Waals surface area contributed by atoms with E-state index in [-0.39, 0.29) is 6.54 Å². The molecule has 0 aliphatic rings. The first-order valence-corrected chi connectivity index (χ1v) is 10.3. The summed E-state index contributed by atoms with van der Waals surface area (Å²) in [7, 11) is -2.85. The van der Waals surface area contributed by atoms with E-state index in [0.717, 1.165) is 22.0 Å². The van der Waals surface area contributed by atoms with Crippen LogP contribution in [0.4, 0.5) is 13.2 Å². The van der Waals surface area contributed by atoms with Crippen molar-refractivity contribution in [1.82, 2.24) is 14.1 Å². The summed E-state index contributed by atoms with van der Waals surface area (Å²) in [5, 5.41) is 3.65. The fraction of sp³-hybridized carbons (Fsp3) is 0.211. The number of sulfonamides is 1. The van der Waals surface area contributed by atoms with Gasteiger partial charge in [0.15, 0.2) is 0 Å². The minimum Gasteiger partial charge on any atom is -0.268 e. The van der Waals surface area contributed by atoms with Crippen molar-refractivity contribution in [2.45, 2.75) is 24.2 Å². The van der Waals surface area contributed by atoms with Crippen LogP contribution in [0, 0.1) is 0 Å². The SMILES string of the molecule is CN(Cc1cnn(Cc2ccccc2)c1)S(=O)(=O)c1ccc(Cl)c(C(F)(F)F)c1. The standard InChI is InChI=1S/C19H17ClF3N3O2S/c1-25(11-15-10-24-26(13-15)12-14-5-3-2-4-6-14)29(27,28)16-7-8-18(20)17(9-16)19(21,22)23/h2-10,13H,11-12H2,1H3. The number of hydrogen-bond donors (Lipinski definition) is 0. The van der Waals surface area contributed by atoms with Crippen LogP contribution < -0.4 is 0 Å². The molecule has 29 heavy (non-hydrogen) atoms. The molecule has 5 nitrogen and oxygen atoms in total. The Labute approximate surface area is 171 Å². The number of benzene rings is 2. The Hall–Kier alpha value is -2.36. The number of aromatic nitrogens is 2. The van der Waals surface area contributed by atoms with Crippen LogP contribution in [-0.2, 0) is 29.3 Å². The zero-order valence-corrected chi connectivity index (χ0v) is 16.8. The first-order valence-electron chi connectivity index (χ1n) is 8.46. The van der Waals surface area contributed by atoms with Crippen molar-refractivity contribution >= 4 is 21.6 Å². The predicted octanol–water partition coefficient (Wildman–Crippen LogP) is 4.42. The molecule has 0 spiro atoms. The Kier molecular flexibility index (Phi) is 6.02. The van der Waals surface area contributed by atoms with Crippen LogP contribution >= 0.6 is 11.6 Å². The molecule has 10 heteroatoms. The predicted molar refractivity (Wildman–Crippen MR) is 103 cm³/mol. The van der Waals surface area contributed by atoms with E-state index in [1.54, 1.807) is 10.9 Å². The molecule has 0 N–H and O–H groups in total. The lowest BCUT2D eigenvalue weighted by Crippen LogP contribution is -2.26. The summed E-state index contributed by atoms with van der Waals surface area (Å²) in [5.41, 5.74) is 0.449. The van der Waals surface area contributed by atoms with Crippen molar-refractivity contribution < 1.29 is 21.6 Å². The molecule has 0 unspecified atom stereocenters. The molecule has 0 fully saturated rings. The smallest absolute Gasteiger partial charge is 0.268 e. The van der Waals surface area contributed by atoms with Crippen molar-refractivity contribution in [3.05, 3.63) is 82.6 Å². The highest BCUT2D eigenvalue weighted by atomic mass is 35.5. The second-order valence-electron chi connectivity index (χ2n) is 6.43. The lowest BCUT2D eigenvalue weighted by Gasteiger charge is -2.18. The first-order chi connectivity index (χ1) is 13.6. The van der Waals surface area contributed by atoms with E-state index in [0.29, 0.717) is 18.2 Å². The van der Waals surface area contributed by atoms with E-state index < -0.39 is 31.7 Å². The van der Waals surface area contributed by atoms with E-state index in [1.807, 2.05) is 30.3 Å². The summed E-state index contributed by atoms with van der Waals surface area (Å²) in [5.74, 6) is 0. The second kappa shape index (κ2) is 8.17. The molecular formula is C19H17ClF3N3O2S. The summed E-state index contributed by atoms with van der Waals surface area (Å²) in [6.45, 7) is 0.477. The average molecular weight is 444 g/mol. The van der Waals surface area contributed by atoms with Gasteiger partial charge in [-0.3, -0.25) is 4.68 Å². The fourth-order valence-electron chi connectivity index (χ4n) is 2.75. The van der Waals surface area contributed by atoms with Crippen molar-refractivity contribution in [2.24, 2.45) is 0 Å². The molecule has 1 heterocycles. The van der Waals surface area contributed by atoms with Gasteiger partial charge in [-0.05, 0) is 23.8 Å². The van der Waals surface area contributed by atoms with Gasteiger partial charge in [0, 0.05) is 25.4 Å². The second-order valence-corrected chi connectivity index (χ2v) is 8.88. The van der Waals surface area contributed by atoms with Crippen molar-refractivity contribution in [3.63, 3.8) is 0 Å². The summed E-state index contributed by atoms with van der Waals surface area (Å²) in [6.07, 6.45) is -1.53. The molecule has 0 amide bonds. The molecular weight excluding hydrogens is 427 g/mol. The third-order valence-corrected chi connectivity index (χ3v) is 6.36. The molecule has 0 bridgehead atoms. The van der Waals surface area contributed by atoms with Gasteiger partial charge in [0.1, 0.15) is 0 Å². The molecule has 3 aromatic rings. The molecule has 0 atom stereocenters. The van der Waals surface area contributed by atoms with E-state index in [4.69, 9.17) is 11.6 Å². The quantitative estimate of drug-likeness (QED) is 0.566. The van der Waals surface area contributed by atoms with Gasteiger partial charge >= 0.3 is 6.18 Å². The highest BCUT2D eigenvalue weighted by Crippen LogP contribution is 2.36. The maximum atomic E-state index is 13.0. The van der Waals surface area contributed by atoms with E-state index in [9.17, 15) is 21.6 Å². The Bertz CT molecular complexity index is 1100. The molecule has 0 saturated carbocycles. The molecule has 0 radical (unpaired) electrons. The Morgan fingerprint density at radius 3 is 2.45 bits per heavy atom.